The van der Waals surface area contributed by atoms with Crippen molar-refractivity contribution < 1.29 is 10.0 Å². The molecule has 0 aliphatic rings. The summed E-state index contributed by atoms with van der Waals surface area (Å²) in [6, 6.07) is 6.54. The smallest absolute Gasteiger partial charge is 0.251 e. The molecule has 0 unspecified atom stereocenters. The number of aromatic nitrogens is 1. The van der Waals surface area contributed by atoms with Crippen molar-refractivity contribution in [2.24, 2.45) is 10.9 Å². The fourth-order valence-electron chi connectivity index (χ4n) is 1.75. The Morgan fingerprint density at radius 2 is 2.05 bits per heavy atom. The highest BCUT2D eigenvalue weighted by Gasteiger charge is 2.07. The lowest BCUT2D eigenvalue weighted by Crippen LogP contribution is -2.25. The number of hydrogen-bond acceptors (Lipinski definition) is 5. The first-order chi connectivity index (χ1) is 10.1. The maximum atomic E-state index is 12.0. The molecule has 1 heterocycles. The molecule has 7 heteroatoms. The van der Waals surface area contributed by atoms with Crippen LogP contribution >= 0.6 is 11.3 Å². The molecule has 21 heavy (non-hydrogen) atoms. The van der Waals surface area contributed by atoms with E-state index >= 15 is 0 Å². The van der Waals surface area contributed by atoms with Crippen molar-refractivity contribution in [1.82, 2.24) is 10.3 Å². The highest BCUT2D eigenvalue weighted by atomic mass is 32.1. The van der Waals surface area contributed by atoms with Gasteiger partial charge < -0.3 is 16.3 Å². The number of carbonyl (C=O) groups excluding carboxylic acids is 1. The summed E-state index contributed by atoms with van der Waals surface area (Å²) in [5.74, 6) is -0.143. The van der Waals surface area contributed by atoms with Crippen LogP contribution in [0.5, 0.6) is 0 Å². The number of amidine groups is 1. The van der Waals surface area contributed by atoms with E-state index in [1.807, 2.05) is 12.3 Å². The first-order valence-corrected chi connectivity index (χ1v) is 7.25. The molecule has 110 valence electrons. The molecule has 1 amide bonds. The van der Waals surface area contributed by atoms with E-state index in [1.54, 1.807) is 35.6 Å². The second-order valence-electron chi connectivity index (χ2n) is 4.45. The van der Waals surface area contributed by atoms with E-state index in [0.717, 1.165) is 10.7 Å². The van der Waals surface area contributed by atoms with Crippen LogP contribution in [0.2, 0.25) is 0 Å². The predicted molar refractivity (Wildman–Crippen MR) is 81.8 cm³/mol. The minimum Gasteiger partial charge on any atom is -0.409 e. The van der Waals surface area contributed by atoms with E-state index in [9.17, 15) is 4.79 Å². The zero-order valence-corrected chi connectivity index (χ0v) is 12.4. The van der Waals surface area contributed by atoms with Gasteiger partial charge in [0, 0.05) is 35.2 Å². The third kappa shape index (κ3) is 4.03. The number of hydrogen-bond donors (Lipinski definition) is 3. The molecule has 0 aliphatic carbocycles. The van der Waals surface area contributed by atoms with E-state index < -0.39 is 0 Å². The van der Waals surface area contributed by atoms with E-state index in [2.05, 4.69) is 15.5 Å². The normalized spacial score (nSPS) is 11.4. The molecular weight excluding hydrogens is 288 g/mol. The monoisotopic (exact) mass is 304 g/mol. The number of carbonyl (C=O) groups is 1. The maximum absolute atomic E-state index is 12.0. The molecule has 0 aliphatic heterocycles. The number of nitrogens with one attached hydrogen (secondary N) is 1. The van der Waals surface area contributed by atoms with Crippen molar-refractivity contribution in [3.05, 3.63) is 51.5 Å². The summed E-state index contributed by atoms with van der Waals surface area (Å²) in [5, 5.41) is 17.3. The van der Waals surface area contributed by atoms with Crippen LogP contribution in [0.25, 0.3) is 0 Å². The molecule has 4 N–H and O–H groups in total. The van der Waals surface area contributed by atoms with Gasteiger partial charge in [-0.1, -0.05) is 17.3 Å². The summed E-state index contributed by atoms with van der Waals surface area (Å²) in [7, 11) is 0. The quantitative estimate of drug-likeness (QED) is 0.337. The molecule has 0 spiro atoms. The molecule has 6 nitrogen and oxygen atoms in total. The standard InChI is InChI=1S/C14H16N4O2S/c1-9-8-21-12(17-9)6-7-16-14(19)11-4-2-10(3-5-11)13(15)18-20/h2-5,8,20H,6-7H2,1H3,(H2,15,18)(H,16,19). The van der Waals surface area contributed by atoms with Gasteiger partial charge in [0.1, 0.15) is 0 Å². The number of rotatable bonds is 5. The number of aryl methyl sites for hydroxylation is 1. The first-order valence-electron chi connectivity index (χ1n) is 6.37. The van der Waals surface area contributed by atoms with E-state index in [1.165, 1.54) is 0 Å². The number of oxime groups is 1. The zero-order chi connectivity index (χ0) is 15.2. The van der Waals surface area contributed by atoms with Crippen LogP contribution in [-0.2, 0) is 6.42 Å². The Morgan fingerprint density at radius 3 is 2.62 bits per heavy atom. The van der Waals surface area contributed by atoms with E-state index in [0.29, 0.717) is 24.1 Å². The molecule has 0 bridgehead atoms. The Bertz CT molecular complexity index is 649. The number of thiazole rings is 1. The van der Waals surface area contributed by atoms with Gasteiger partial charge >= 0.3 is 0 Å². The molecule has 2 rings (SSSR count). The highest BCUT2D eigenvalue weighted by molar-refractivity contribution is 7.09. The lowest BCUT2D eigenvalue weighted by atomic mass is 10.1. The molecule has 1 aromatic carbocycles. The Kier molecular flexibility index (Phi) is 4.89. The summed E-state index contributed by atoms with van der Waals surface area (Å²) in [6.45, 7) is 2.48. The van der Waals surface area contributed by atoms with Crippen molar-refractivity contribution in [3.63, 3.8) is 0 Å². The fourth-order valence-corrected chi connectivity index (χ4v) is 2.53. The predicted octanol–water partition coefficient (Wildman–Crippen LogP) is 1.52. The van der Waals surface area contributed by atoms with Crippen molar-refractivity contribution in [3.8, 4) is 0 Å². The van der Waals surface area contributed by atoms with Gasteiger partial charge in [0.15, 0.2) is 5.84 Å². The van der Waals surface area contributed by atoms with Gasteiger partial charge in [0.2, 0.25) is 0 Å². The second kappa shape index (κ2) is 6.85. The minimum absolute atomic E-state index is 0.0149. The summed E-state index contributed by atoms with van der Waals surface area (Å²) in [5.41, 5.74) is 7.55. The van der Waals surface area contributed by atoms with Crippen LogP contribution in [-0.4, -0.2) is 28.5 Å². The maximum Gasteiger partial charge on any atom is 0.251 e. The molecule has 0 atom stereocenters. The Labute approximate surface area is 126 Å². The summed E-state index contributed by atoms with van der Waals surface area (Å²) in [6.07, 6.45) is 0.715. The Hall–Kier alpha value is -2.41. The van der Waals surface area contributed by atoms with Crippen molar-refractivity contribution in [1.29, 1.82) is 0 Å². The van der Waals surface area contributed by atoms with Gasteiger partial charge in [-0.15, -0.1) is 11.3 Å². The largest absolute Gasteiger partial charge is 0.409 e. The van der Waals surface area contributed by atoms with E-state index in [-0.39, 0.29) is 11.7 Å². The van der Waals surface area contributed by atoms with Gasteiger partial charge in [0.25, 0.3) is 5.91 Å². The van der Waals surface area contributed by atoms with Gasteiger partial charge in [-0.25, -0.2) is 4.98 Å². The number of amides is 1. The third-order valence-corrected chi connectivity index (χ3v) is 3.87. The number of nitrogens with two attached hydrogens (primary N) is 1. The molecule has 0 saturated heterocycles. The molecule has 0 radical (unpaired) electrons. The number of benzene rings is 1. The highest BCUT2D eigenvalue weighted by Crippen LogP contribution is 2.09. The average molecular weight is 304 g/mol. The minimum atomic E-state index is -0.158. The van der Waals surface area contributed by atoms with Gasteiger partial charge in [-0.05, 0) is 19.1 Å². The zero-order valence-electron chi connectivity index (χ0n) is 11.5. The number of nitrogens with zero attached hydrogens (tertiary/aromatic N) is 2. The first kappa shape index (κ1) is 15.0. The molecule has 0 fully saturated rings. The van der Waals surface area contributed by atoms with Crippen LogP contribution in [0.15, 0.2) is 34.8 Å². The summed E-state index contributed by atoms with van der Waals surface area (Å²) in [4.78, 5) is 16.3. The SMILES string of the molecule is Cc1csc(CCNC(=O)c2ccc(C(N)=NO)cc2)n1. The van der Waals surface area contributed by atoms with E-state index in [4.69, 9.17) is 10.9 Å². The average Bonchev–Trinajstić information content (AvgIpc) is 2.92. The van der Waals surface area contributed by atoms with Crippen molar-refractivity contribution in [2.75, 3.05) is 6.54 Å². The van der Waals surface area contributed by atoms with Crippen LogP contribution in [0.1, 0.15) is 26.6 Å². The lowest BCUT2D eigenvalue weighted by Gasteiger charge is -2.05. The Balaban J connectivity index is 1.88. The van der Waals surface area contributed by atoms with Crippen molar-refractivity contribution in [2.45, 2.75) is 13.3 Å². The lowest BCUT2D eigenvalue weighted by molar-refractivity contribution is 0.0954. The van der Waals surface area contributed by atoms with Gasteiger partial charge in [0.05, 0.1) is 5.01 Å². The molecule has 1 aromatic heterocycles. The summed E-state index contributed by atoms with van der Waals surface area (Å²) < 4.78 is 0. The van der Waals surface area contributed by atoms with Crippen LogP contribution < -0.4 is 11.1 Å². The second-order valence-corrected chi connectivity index (χ2v) is 5.39. The fraction of sp³-hybridized carbons (Fsp3) is 0.214. The molecule has 0 saturated carbocycles. The van der Waals surface area contributed by atoms with Gasteiger partial charge in [-0.3, -0.25) is 4.79 Å². The molecule has 2 aromatic rings. The topological polar surface area (TPSA) is 101 Å². The summed E-state index contributed by atoms with van der Waals surface area (Å²) >= 11 is 1.59. The van der Waals surface area contributed by atoms with Gasteiger partial charge in [-0.2, -0.15) is 0 Å². The van der Waals surface area contributed by atoms with Crippen molar-refractivity contribution >= 4 is 23.1 Å². The molecular formula is C14H16N4O2S. The van der Waals surface area contributed by atoms with Crippen LogP contribution in [0.3, 0.4) is 0 Å². The van der Waals surface area contributed by atoms with Crippen LogP contribution in [0, 0.1) is 6.92 Å². The third-order valence-electron chi connectivity index (χ3n) is 2.84. The van der Waals surface area contributed by atoms with Crippen LogP contribution in [0.4, 0.5) is 0 Å². The Morgan fingerprint density at radius 1 is 1.38 bits per heavy atom.